The van der Waals surface area contributed by atoms with E-state index in [1.807, 2.05) is 24.3 Å². The van der Waals surface area contributed by atoms with Crippen LogP contribution in [0.2, 0.25) is 0 Å². The molecule has 0 fully saturated rings. The highest BCUT2D eigenvalue weighted by atomic mass is 19.1. The van der Waals surface area contributed by atoms with Crippen LogP contribution < -0.4 is 5.32 Å². The fourth-order valence-electron chi connectivity index (χ4n) is 2.16. The molecular weight excluding hydrogens is 253 g/mol. The van der Waals surface area contributed by atoms with Crippen molar-refractivity contribution in [3.63, 3.8) is 0 Å². The summed E-state index contributed by atoms with van der Waals surface area (Å²) in [6.45, 7) is 3.45. The first kappa shape index (κ1) is 14.7. The molecule has 0 saturated heterocycles. The van der Waals surface area contributed by atoms with Crippen LogP contribution in [0.5, 0.6) is 0 Å². The standard InChI is InChI=1S/C17H20FNO/c1-13(14-7-9-17(18)10-8-14)19-11-15-5-3-4-6-16(15)12-20-2/h3-10,13,19H,11-12H2,1-2H3. The van der Waals surface area contributed by atoms with E-state index in [0.717, 1.165) is 12.1 Å². The Morgan fingerprint density at radius 3 is 2.35 bits per heavy atom. The van der Waals surface area contributed by atoms with E-state index in [-0.39, 0.29) is 11.9 Å². The maximum Gasteiger partial charge on any atom is 0.123 e. The van der Waals surface area contributed by atoms with Crippen LogP contribution in [0, 0.1) is 5.82 Å². The van der Waals surface area contributed by atoms with Crippen molar-refractivity contribution in [2.24, 2.45) is 0 Å². The molecule has 1 unspecified atom stereocenters. The summed E-state index contributed by atoms with van der Waals surface area (Å²) in [5, 5.41) is 3.46. The Kier molecular flexibility index (Phi) is 5.27. The van der Waals surface area contributed by atoms with Crippen LogP contribution in [0.1, 0.15) is 29.7 Å². The number of hydrogen-bond acceptors (Lipinski definition) is 2. The largest absolute Gasteiger partial charge is 0.380 e. The number of nitrogens with one attached hydrogen (secondary N) is 1. The van der Waals surface area contributed by atoms with Crippen molar-refractivity contribution in [1.82, 2.24) is 5.32 Å². The van der Waals surface area contributed by atoms with Crippen LogP contribution >= 0.6 is 0 Å². The van der Waals surface area contributed by atoms with Gasteiger partial charge in [0.15, 0.2) is 0 Å². The molecule has 1 atom stereocenters. The number of rotatable bonds is 6. The highest BCUT2D eigenvalue weighted by molar-refractivity contribution is 5.27. The van der Waals surface area contributed by atoms with Crippen LogP contribution in [-0.2, 0) is 17.9 Å². The molecule has 0 radical (unpaired) electrons. The fraction of sp³-hybridized carbons (Fsp3) is 0.294. The molecule has 2 rings (SSSR count). The fourth-order valence-corrected chi connectivity index (χ4v) is 2.16. The summed E-state index contributed by atoms with van der Waals surface area (Å²) in [6, 6.07) is 15.0. The molecule has 0 saturated carbocycles. The zero-order chi connectivity index (χ0) is 14.4. The predicted octanol–water partition coefficient (Wildman–Crippen LogP) is 3.82. The Labute approximate surface area is 119 Å². The molecule has 0 heterocycles. The van der Waals surface area contributed by atoms with Crippen molar-refractivity contribution in [1.29, 1.82) is 0 Å². The summed E-state index contributed by atoms with van der Waals surface area (Å²) in [5.74, 6) is -0.202. The van der Waals surface area contributed by atoms with Gasteiger partial charge >= 0.3 is 0 Å². The van der Waals surface area contributed by atoms with Gasteiger partial charge in [-0.05, 0) is 35.7 Å². The van der Waals surface area contributed by atoms with Gasteiger partial charge in [0.1, 0.15) is 5.82 Å². The Balaban J connectivity index is 1.99. The van der Waals surface area contributed by atoms with Crippen LogP contribution in [-0.4, -0.2) is 7.11 Å². The monoisotopic (exact) mass is 273 g/mol. The van der Waals surface area contributed by atoms with E-state index in [9.17, 15) is 4.39 Å². The van der Waals surface area contributed by atoms with Crippen molar-refractivity contribution in [2.75, 3.05) is 7.11 Å². The Morgan fingerprint density at radius 1 is 1.05 bits per heavy atom. The van der Waals surface area contributed by atoms with Crippen molar-refractivity contribution < 1.29 is 9.13 Å². The van der Waals surface area contributed by atoms with Gasteiger partial charge in [0.25, 0.3) is 0 Å². The minimum Gasteiger partial charge on any atom is -0.380 e. The predicted molar refractivity (Wildman–Crippen MR) is 78.8 cm³/mol. The summed E-state index contributed by atoms with van der Waals surface area (Å²) in [5.41, 5.74) is 3.49. The molecule has 0 aromatic heterocycles. The summed E-state index contributed by atoms with van der Waals surface area (Å²) in [4.78, 5) is 0. The highest BCUT2D eigenvalue weighted by Gasteiger charge is 2.07. The van der Waals surface area contributed by atoms with E-state index in [1.165, 1.54) is 23.3 Å². The molecule has 0 aliphatic heterocycles. The third-order valence-electron chi connectivity index (χ3n) is 3.39. The molecule has 106 valence electrons. The lowest BCUT2D eigenvalue weighted by Crippen LogP contribution is -2.19. The highest BCUT2D eigenvalue weighted by Crippen LogP contribution is 2.15. The van der Waals surface area contributed by atoms with Crippen LogP contribution in [0.25, 0.3) is 0 Å². The molecule has 20 heavy (non-hydrogen) atoms. The molecule has 0 spiro atoms. The van der Waals surface area contributed by atoms with E-state index in [4.69, 9.17) is 4.74 Å². The molecule has 2 aromatic carbocycles. The van der Waals surface area contributed by atoms with Crippen molar-refractivity contribution >= 4 is 0 Å². The van der Waals surface area contributed by atoms with Gasteiger partial charge < -0.3 is 10.1 Å². The maximum atomic E-state index is 12.9. The van der Waals surface area contributed by atoms with Gasteiger partial charge in [-0.15, -0.1) is 0 Å². The summed E-state index contributed by atoms with van der Waals surface area (Å²) >= 11 is 0. The van der Waals surface area contributed by atoms with Gasteiger partial charge in [-0.1, -0.05) is 36.4 Å². The normalized spacial score (nSPS) is 12.3. The third kappa shape index (κ3) is 3.89. The summed E-state index contributed by atoms with van der Waals surface area (Å²) < 4.78 is 18.1. The second kappa shape index (κ2) is 7.17. The number of hydrogen-bond donors (Lipinski definition) is 1. The number of methoxy groups -OCH3 is 1. The summed E-state index contributed by atoms with van der Waals surface area (Å²) in [7, 11) is 1.70. The first-order valence-corrected chi connectivity index (χ1v) is 6.75. The SMILES string of the molecule is COCc1ccccc1CNC(C)c1ccc(F)cc1. The van der Waals surface area contributed by atoms with E-state index >= 15 is 0 Å². The lowest BCUT2D eigenvalue weighted by atomic mass is 10.1. The van der Waals surface area contributed by atoms with Gasteiger partial charge in [0.05, 0.1) is 6.61 Å². The molecule has 2 aromatic rings. The third-order valence-corrected chi connectivity index (χ3v) is 3.39. The quantitative estimate of drug-likeness (QED) is 0.864. The lowest BCUT2D eigenvalue weighted by Gasteiger charge is -2.16. The minimum atomic E-state index is -0.202. The molecule has 0 amide bonds. The van der Waals surface area contributed by atoms with Crippen molar-refractivity contribution in [2.45, 2.75) is 26.1 Å². The Morgan fingerprint density at radius 2 is 1.70 bits per heavy atom. The molecule has 0 aliphatic rings. The molecule has 0 aliphatic carbocycles. The molecule has 0 bridgehead atoms. The zero-order valence-corrected chi connectivity index (χ0v) is 11.9. The average molecular weight is 273 g/mol. The summed E-state index contributed by atoms with van der Waals surface area (Å²) in [6.07, 6.45) is 0. The molecular formula is C17H20FNO. The van der Waals surface area contributed by atoms with E-state index < -0.39 is 0 Å². The Hall–Kier alpha value is -1.71. The van der Waals surface area contributed by atoms with Crippen LogP contribution in [0.15, 0.2) is 48.5 Å². The van der Waals surface area contributed by atoms with Crippen LogP contribution in [0.3, 0.4) is 0 Å². The first-order valence-electron chi connectivity index (χ1n) is 6.75. The second-order valence-electron chi connectivity index (χ2n) is 4.86. The Bertz CT molecular complexity index is 539. The second-order valence-corrected chi connectivity index (χ2v) is 4.86. The van der Waals surface area contributed by atoms with Gasteiger partial charge in [0, 0.05) is 19.7 Å². The number of halogens is 1. The van der Waals surface area contributed by atoms with Crippen molar-refractivity contribution in [3.05, 3.63) is 71.0 Å². The zero-order valence-electron chi connectivity index (χ0n) is 11.9. The average Bonchev–Trinajstić information content (AvgIpc) is 2.47. The molecule has 1 N–H and O–H groups in total. The molecule has 3 heteroatoms. The first-order chi connectivity index (χ1) is 9.70. The van der Waals surface area contributed by atoms with Crippen molar-refractivity contribution in [3.8, 4) is 0 Å². The van der Waals surface area contributed by atoms with Gasteiger partial charge in [-0.2, -0.15) is 0 Å². The minimum absolute atomic E-state index is 0.172. The topological polar surface area (TPSA) is 21.3 Å². The van der Waals surface area contributed by atoms with E-state index in [2.05, 4.69) is 24.4 Å². The van der Waals surface area contributed by atoms with Crippen LogP contribution in [0.4, 0.5) is 4.39 Å². The number of benzene rings is 2. The maximum absolute atomic E-state index is 12.9. The lowest BCUT2D eigenvalue weighted by molar-refractivity contribution is 0.184. The number of ether oxygens (including phenoxy) is 1. The molecule has 2 nitrogen and oxygen atoms in total. The smallest absolute Gasteiger partial charge is 0.123 e. The van der Waals surface area contributed by atoms with Gasteiger partial charge in [0.2, 0.25) is 0 Å². The van der Waals surface area contributed by atoms with E-state index in [0.29, 0.717) is 6.61 Å². The van der Waals surface area contributed by atoms with Gasteiger partial charge in [-0.25, -0.2) is 4.39 Å². The van der Waals surface area contributed by atoms with E-state index in [1.54, 1.807) is 7.11 Å². The van der Waals surface area contributed by atoms with Gasteiger partial charge in [-0.3, -0.25) is 0 Å².